The van der Waals surface area contributed by atoms with Gasteiger partial charge in [-0.25, -0.2) is 4.79 Å². The monoisotopic (exact) mass is 298 g/mol. The van der Waals surface area contributed by atoms with E-state index in [2.05, 4.69) is 6.92 Å². The van der Waals surface area contributed by atoms with E-state index < -0.39 is 11.5 Å². The first-order valence-electron chi connectivity index (χ1n) is 8.04. The Balaban J connectivity index is 2.72. The molecule has 1 fully saturated rings. The maximum absolute atomic E-state index is 12.7. The normalized spacial score (nSPS) is 20.0. The van der Waals surface area contributed by atoms with Crippen LogP contribution in [0, 0.1) is 5.92 Å². The summed E-state index contributed by atoms with van der Waals surface area (Å²) in [6.45, 7) is 9.09. The minimum atomic E-state index is -0.961. The van der Waals surface area contributed by atoms with E-state index in [0.717, 1.165) is 25.9 Å². The van der Waals surface area contributed by atoms with Crippen LogP contribution in [0.2, 0.25) is 0 Å². The first kappa shape index (κ1) is 17.8. The van der Waals surface area contributed by atoms with E-state index >= 15 is 0 Å². The number of hydrogen-bond acceptors (Lipinski definition) is 2. The quantitative estimate of drug-likeness (QED) is 0.867. The number of amides is 2. The van der Waals surface area contributed by atoms with Crippen molar-refractivity contribution in [3.05, 3.63) is 0 Å². The summed E-state index contributed by atoms with van der Waals surface area (Å²) in [5, 5.41) is 9.05. The Kier molecular flexibility index (Phi) is 6.49. The highest BCUT2D eigenvalue weighted by Crippen LogP contribution is 2.24. The number of aliphatic carboxylic acids is 1. The van der Waals surface area contributed by atoms with Gasteiger partial charge in [0.15, 0.2) is 0 Å². The van der Waals surface area contributed by atoms with E-state index in [1.807, 2.05) is 25.7 Å². The molecule has 2 amide bonds. The Hall–Kier alpha value is -1.26. The second-order valence-electron chi connectivity index (χ2n) is 7.01. The highest BCUT2D eigenvalue weighted by atomic mass is 16.4. The van der Waals surface area contributed by atoms with E-state index in [1.54, 1.807) is 0 Å². The van der Waals surface area contributed by atoms with E-state index in [-0.39, 0.29) is 12.6 Å². The van der Waals surface area contributed by atoms with Gasteiger partial charge in [-0.2, -0.15) is 0 Å². The Morgan fingerprint density at radius 2 is 1.90 bits per heavy atom. The lowest BCUT2D eigenvalue weighted by Crippen LogP contribution is -2.53. The van der Waals surface area contributed by atoms with Gasteiger partial charge in [0.1, 0.15) is 6.54 Å². The van der Waals surface area contributed by atoms with E-state index in [4.69, 9.17) is 5.11 Å². The van der Waals surface area contributed by atoms with Crippen LogP contribution < -0.4 is 0 Å². The summed E-state index contributed by atoms with van der Waals surface area (Å²) in [5.74, 6) is -0.257. The highest BCUT2D eigenvalue weighted by molar-refractivity contribution is 5.80. The molecule has 1 atom stereocenters. The Labute approximate surface area is 128 Å². The maximum Gasteiger partial charge on any atom is 0.323 e. The van der Waals surface area contributed by atoms with Gasteiger partial charge < -0.3 is 14.9 Å². The highest BCUT2D eigenvalue weighted by Gasteiger charge is 2.32. The summed E-state index contributed by atoms with van der Waals surface area (Å²) in [5.41, 5.74) is -0.482. The summed E-state index contributed by atoms with van der Waals surface area (Å²) in [6, 6.07) is -0.137. The molecule has 1 N–H and O–H groups in total. The molecule has 5 nitrogen and oxygen atoms in total. The average Bonchev–Trinajstić information content (AvgIpc) is 2.60. The second kappa shape index (κ2) is 7.66. The van der Waals surface area contributed by atoms with Crippen LogP contribution >= 0.6 is 0 Å². The molecular formula is C16H30N2O3. The van der Waals surface area contributed by atoms with E-state index in [9.17, 15) is 9.59 Å². The molecule has 0 aromatic heterocycles. The summed E-state index contributed by atoms with van der Waals surface area (Å²) in [7, 11) is 0. The van der Waals surface area contributed by atoms with Crippen molar-refractivity contribution >= 4 is 12.0 Å². The Morgan fingerprint density at radius 3 is 2.43 bits per heavy atom. The van der Waals surface area contributed by atoms with Gasteiger partial charge in [-0.15, -0.1) is 0 Å². The molecule has 1 heterocycles. The molecule has 122 valence electrons. The third-order valence-electron chi connectivity index (χ3n) is 4.15. The van der Waals surface area contributed by atoms with Crippen LogP contribution in [0.25, 0.3) is 0 Å². The van der Waals surface area contributed by atoms with Gasteiger partial charge in [-0.3, -0.25) is 4.79 Å². The van der Waals surface area contributed by atoms with Gasteiger partial charge in [0.05, 0.1) is 0 Å². The van der Waals surface area contributed by atoms with Gasteiger partial charge in [0.2, 0.25) is 0 Å². The second-order valence-corrected chi connectivity index (χ2v) is 7.01. The SMILES string of the molecule is CCCC1CCCN(C(=O)N(CC(=O)O)C(C)(C)C)CC1. The summed E-state index contributed by atoms with van der Waals surface area (Å²) >= 11 is 0. The van der Waals surface area contributed by atoms with Crippen molar-refractivity contribution in [2.75, 3.05) is 19.6 Å². The number of hydrogen-bond donors (Lipinski definition) is 1. The lowest BCUT2D eigenvalue weighted by atomic mass is 9.96. The predicted molar refractivity (Wildman–Crippen MR) is 83.3 cm³/mol. The zero-order valence-electron chi connectivity index (χ0n) is 13.9. The molecule has 0 aromatic rings. The number of carbonyl (C=O) groups excluding carboxylic acids is 1. The molecule has 21 heavy (non-hydrogen) atoms. The van der Waals surface area contributed by atoms with Crippen LogP contribution in [-0.4, -0.2) is 52.1 Å². The van der Waals surface area contributed by atoms with Gasteiger partial charge >= 0.3 is 12.0 Å². The fourth-order valence-corrected chi connectivity index (χ4v) is 2.95. The first-order chi connectivity index (χ1) is 9.75. The van der Waals surface area contributed by atoms with Crippen LogP contribution in [0.5, 0.6) is 0 Å². The molecule has 0 radical (unpaired) electrons. The average molecular weight is 298 g/mol. The van der Waals surface area contributed by atoms with Gasteiger partial charge in [-0.05, 0) is 46.0 Å². The first-order valence-corrected chi connectivity index (χ1v) is 8.04. The molecule has 0 bridgehead atoms. The molecule has 1 aliphatic heterocycles. The van der Waals surface area contributed by atoms with Crippen molar-refractivity contribution in [2.45, 2.75) is 65.3 Å². The summed E-state index contributed by atoms with van der Waals surface area (Å²) in [4.78, 5) is 27.0. The Bertz CT molecular complexity index is 363. The number of nitrogens with zero attached hydrogens (tertiary/aromatic N) is 2. The molecular weight excluding hydrogens is 268 g/mol. The van der Waals surface area contributed by atoms with Gasteiger partial charge in [0.25, 0.3) is 0 Å². The number of urea groups is 1. The van der Waals surface area contributed by atoms with Crippen LogP contribution in [-0.2, 0) is 4.79 Å². The molecule has 1 saturated heterocycles. The van der Waals surface area contributed by atoms with Crippen molar-refractivity contribution < 1.29 is 14.7 Å². The maximum atomic E-state index is 12.7. The van der Waals surface area contributed by atoms with Crippen molar-refractivity contribution in [1.29, 1.82) is 0 Å². The minimum absolute atomic E-state index is 0.137. The van der Waals surface area contributed by atoms with Crippen LogP contribution in [0.4, 0.5) is 4.79 Å². The van der Waals surface area contributed by atoms with Gasteiger partial charge in [-0.1, -0.05) is 19.8 Å². The fraction of sp³-hybridized carbons (Fsp3) is 0.875. The zero-order chi connectivity index (χ0) is 16.0. The molecule has 1 aliphatic rings. The van der Waals surface area contributed by atoms with Crippen LogP contribution in [0.15, 0.2) is 0 Å². The van der Waals surface area contributed by atoms with Crippen molar-refractivity contribution in [3.63, 3.8) is 0 Å². The fourth-order valence-electron chi connectivity index (χ4n) is 2.95. The number of carbonyl (C=O) groups is 2. The van der Waals surface area contributed by atoms with Crippen molar-refractivity contribution in [1.82, 2.24) is 9.80 Å². The molecule has 0 aliphatic carbocycles. The molecule has 0 saturated carbocycles. The zero-order valence-corrected chi connectivity index (χ0v) is 13.9. The third-order valence-corrected chi connectivity index (χ3v) is 4.15. The summed E-state index contributed by atoms with van der Waals surface area (Å²) in [6.07, 6.45) is 5.63. The van der Waals surface area contributed by atoms with Crippen LogP contribution in [0.3, 0.4) is 0 Å². The Morgan fingerprint density at radius 1 is 1.24 bits per heavy atom. The van der Waals surface area contributed by atoms with Gasteiger partial charge in [0, 0.05) is 18.6 Å². The smallest absolute Gasteiger partial charge is 0.323 e. The van der Waals surface area contributed by atoms with E-state index in [0.29, 0.717) is 5.92 Å². The molecule has 5 heteroatoms. The number of carboxylic acid groups (broad SMARTS) is 1. The topological polar surface area (TPSA) is 60.9 Å². The number of carboxylic acids is 1. The minimum Gasteiger partial charge on any atom is -0.480 e. The molecule has 1 unspecified atom stereocenters. The number of likely N-dealkylation sites (tertiary alicyclic amines) is 1. The third kappa shape index (κ3) is 5.56. The van der Waals surface area contributed by atoms with E-state index in [1.165, 1.54) is 24.2 Å². The van der Waals surface area contributed by atoms with Crippen LogP contribution in [0.1, 0.15) is 59.8 Å². The largest absolute Gasteiger partial charge is 0.480 e. The molecule has 0 aromatic carbocycles. The lowest BCUT2D eigenvalue weighted by molar-refractivity contribution is -0.138. The summed E-state index contributed by atoms with van der Waals surface area (Å²) < 4.78 is 0. The molecule has 0 spiro atoms. The standard InChI is InChI=1S/C16H30N2O3/c1-5-7-13-8-6-10-17(11-9-13)15(21)18(12-14(19)20)16(2,3)4/h13H,5-12H2,1-4H3,(H,19,20). The predicted octanol–water partition coefficient (Wildman–Crippen LogP) is 3.19. The van der Waals surface area contributed by atoms with Crippen molar-refractivity contribution in [3.8, 4) is 0 Å². The number of rotatable bonds is 4. The lowest BCUT2D eigenvalue weighted by Gasteiger charge is -2.38. The molecule has 1 rings (SSSR count). The van der Waals surface area contributed by atoms with Crippen molar-refractivity contribution in [2.24, 2.45) is 5.92 Å².